The number of carbonyl (C=O) groups excluding carboxylic acids is 3. The van der Waals surface area contributed by atoms with Crippen LogP contribution in [0.15, 0.2) is 29.2 Å². The second kappa shape index (κ2) is 12.0. The number of methoxy groups -OCH3 is 1. The van der Waals surface area contributed by atoms with E-state index in [4.69, 9.17) is 14.2 Å². The summed E-state index contributed by atoms with van der Waals surface area (Å²) in [5.74, 6) is -1.33. The number of ether oxygens (including phenoxy) is 3. The van der Waals surface area contributed by atoms with E-state index in [0.717, 1.165) is 0 Å². The van der Waals surface area contributed by atoms with E-state index in [1.165, 1.54) is 38.3 Å². The predicted octanol–water partition coefficient (Wildman–Crippen LogP) is 0.365. The van der Waals surface area contributed by atoms with Crippen LogP contribution in [0.5, 0.6) is 5.75 Å². The third-order valence-corrected chi connectivity index (χ3v) is 5.14. The van der Waals surface area contributed by atoms with Crippen molar-refractivity contribution in [1.29, 1.82) is 0 Å². The molecule has 0 unspecified atom stereocenters. The lowest BCUT2D eigenvalue weighted by molar-refractivity contribution is -0.149. The Labute approximate surface area is 169 Å². The number of hydrogen-bond donors (Lipinski definition) is 2. The van der Waals surface area contributed by atoms with Crippen molar-refractivity contribution >= 4 is 27.9 Å². The van der Waals surface area contributed by atoms with Gasteiger partial charge >= 0.3 is 11.9 Å². The molecule has 10 nitrogen and oxygen atoms in total. The van der Waals surface area contributed by atoms with E-state index in [2.05, 4.69) is 10.0 Å². The molecule has 0 saturated carbocycles. The molecular formula is C18H26N2O8S. The normalized spacial score (nSPS) is 12.0. The molecule has 0 fully saturated rings. The first kappa shape index (κ1) is 24.4. The average molecular weight is 430 g/mol. The molecule has 1 aromatic rings. The third kappa shape index (κ3) is 8.92. The first-order chi connectivity index (χ1) is 13.7. The highest BCUT2D eigenvalue weighted by atomic mass is 32.2. The van der Waals surface area contributed by atoms with Gasteiger partial charge in [-0.2, -0.15) is 4.72 Å². The van der Waals surface area contributed by atoms with Crippen molar-refractivity contribution in [3.8, 4) is 5.75 Å². The maximum Gasteiger partial charge on any atom is 0.324 e. The molecule has 0 aliphatic carbocycles. The summed E-state index contributed by atoms with van der Waals surface area (Å²) in [6.45, 7) is 2.95. The zero-order valence-electron chi connectivity index (χ0n) is 16.6. The SMILES string of the molecule is CCOC(=O)CCCNC(=O)COC(=O)[C@H](C)NS(=O)(=O)c1ccc(OC)cc1. The second-order valence-corrected chi connectivity index (χ2v) is 7.60. The highest BCUT2D eigenvalue weighted by Gasteiger charge is 2.23. The van der Waals surface area contributed by atoms with E-state index in [-0.39, 0.29) is 23.8 Å². The third-order valence-electron chi connectivity index (χ3n) is 3.59. The summed E-state index contributed by atoms with van der Waals surface area (Å²) < 4.78 is 41.3. The Morgan fingerprint density at radius 2 is 1.76 bits per heavy atom. The molecule has 2 N–H and O–H groups in total. The van der Waals surface area contributed by atoms with E-state index in [1.54, 1.807) is 6.92 Å². The standard InChI is InChI=1S/C18H26N2O8S/c1-4-27-17(22)6-5-11-19-16(21)12-28-18(23)13(2)20-29(24,25)15-9-7-14(26-3)8-10-15/h7-10,13,20H,4-6,11-12H2,1-3H3,(H,19,21)/t13-/m0/s1. The van der Waals surface area contributed by atoms with Crippen molar-refractivity contribution in [1.82, 2.24) is 10.0 Å². The molecule has 162 valence electrons. The summed E-state index contributed by atoms with van der Waals surface area (Å²) in [6, 6.07) is 4.43. The van der Waals surface area contributed by atoms with Crippen LogP contribution < -0.4 is 14.8 Å². The van der Waals surface area contributed by atoms with Crippen molar-refractivity contribution < 1.29 is 37.0 Å². The number of amides is 1. The predicted molar refractivity (Wildman–Crippen MR) is 103 cm³/mol. The van der Waals surface area contributed by atoms with Crippen molar-refractivity contribution in [3.63, 3.8) is 0 Å². The lowest BCUT2D eigenvalue weighted by Crippen LogP contribution is -2.41. The van der Waals surface area contributed by atoms with Gasteiger partial charge in [-0.05, 0) is 44.5 Å². The van der Waals surface area contributed by atoms with Crippen LogP contribution in [0.25, 0.3) is 0 Å². The molecule has 29 heavy (non-hydrogen) atoms. The van der Waals surface area contributed by atoms with Gasteiger partial charge in [0.25, 0.3) is 5.91 Å². The molecule has 0 spiro atoms. The van der Waals surface area contributed by atoms with Gasteiger partial charge in [0.1, 0.15) is 11.8 Å². The Bertz CT molecular complexity index is 793. The maximum atomic E-state index is 12.3. The molecule has 0 aromatic heterocycles. The summed E-state index contributed by atoms with van der Waals surface area (Å²) in [7, 11) is -2.49. The smallest absolute Gasteiger partial charge is 0.324 e. The van der Waals surface area contributed by atoms with Crippen molar-refractivity contribution in [2.45, 2.75) is 37.6 Å². The van der Waals surface area contributed by atoms with Gasteiger partial charge in [-0.3, -0.25) is 14.4 Å². The van der Waals surface area contributed by atoms with Crippen LogP contribution in [0, 0.1) is 0 Å². The zero-order chi connectivity index (χ0) is 21.9. The van der Waals surface area contributed by atoms with Gasteiger partial charge in [0, 0.05) is 13.0 Å². The summed E-state index contributed by atoms with van der Waals surface area (Å²) in [6.07, 6.45) is 0.550. The molecular weight excluding hydrogens is 404 g/mol. The highest BCUT2D eigenvalue weighted by molar-refractivity contribution is 7.89. The minimum atomic E-state index is -3.95. The fourth-order valence-electron chi connectivity index (χ4n) is 2.11. The van der Waals surface area contributed by atoms with Crippen LogP contribution in [0.3, 0.4) is 0 Å². The van der Waals surface area contributed by atoms with Crippen LogP contribution in [0.1, 0.15) is 26.7 Å². The molecule has 11 heteroatoms. The monoisotopic (exact) mass is 430 g/mol. The molecule has 0 bridgehead atoms. The number of carbonyl (C=O) groups is 3. The second-order valence-electron chi connectivity index (χ2n) is 5.88. The number of esters is 2. The van der Waals surface area contributed by atoms with E-state index < -0.39 is 34.5 Å². The summed E-state index contributed by atoms with van der Waals surface area (Å²) in [4.78, 5) is 34.7. The van der Waals surface area contributed by atoms with Crippen LogP contribution in [0.2, 0.25) is 0 Å². The molecule has 0 heterocycles. The van der Waals surface area contributed by atoms with Crippen molar-refractivity contribution in [3.05, 3.63) is 24.3 Å². The summed E-state index contributed by atoms with van der Waals surface area (Å²) >= 11 is 0. The van der Waals surface area contributed by atoms with E-state index >= 15 is 0 Å². The highest BCUT2D eigenvalue weighted by Crippen LogP contribution is 2.15. The van der Waals surface area contributed by atoms with Gasteiger partial charge < -0.3 is 19.5 Å². The van der Waals surface area contributed by atoms with Crippen LogP contribution >= 0.6 is 0 Å². The number of nitrogens with one attached hydrogen (secondary N) is 2. The zero-order valence-corrected chi connectivity index (χ0v) is 17.4. The van der Waals surface area contributed by atoms with Gasteiger partial charge in [-0.15, -0.1) is 0 Å². The first-order valence-corrected chi connectivity index (χ1v) is 10.4. The van der Waals surface area contributed by atoms with Crippen molar-refractivity contribution in [2.75, 3.05) is 26.9 Å². The van der Waals surface area contributed by atoms with Gasteiger partial charge in [0.2, 0.25) is 10.0 Å². The first-order valence-electron chi connectivity index (χ1n) is 8.95. The Morgan fingerprint density at radius 3 is 2.34 bits per heavy atom. The number of rotatable bonds is 12. The Balaban J connectivity index is 2.39. The number of sulfonamides is 1. The lowest BCUT2D eigenvalue weighted by Gasteiger charge is -2.14. The molecule has 1 rings (SSSR count). The Hall–Kier alpha value is -2.66. The van der Waals surface area contributed by atoms with Crippen LogP contribution in [-0.2, 0) is 33.9 Å². The Morgan fingerprint density at radius 1 is 1.10 bits per heavy atom. The average Bonchev–Trinajstić information content (AvgIpc) is 2.69. The van der Waals surface area contributed by atoms with Gasteiger partial charge in [-0.25, -0.2) is 8.42 Å². The molecule has 0 radical (unpaired) electrons. The van der Waals surface area contributed by atoms with Gasteiger partial charge in [0.15, 0.2) is 6.61 Å². The van der Waals surface area contributed by atoms with E-state index in [1.807, 2.05) is 0 Å². The van der Waals surface area contributed by atoms with Gasteiger partial charge in [-0.1, -0.05) is 0 Å². The van der Waals surface area contributed by atoms with Crippen LogP contribution in [0.4, 0.5) is 0 Å². The largest absolute Gasteiger partial charge is 0.497 e. The van der Waals surface area contributed by atoms with Crippen molar-refractivity contribution in [2.24, 2.45) is 0 Å². The lowest BCUT2D eigenvalue weighted by atomic mass is 10.3. The Kier molecular flexibility index (Phi) is 10.1. The van der Waals surface area contributed by atoms with Crippen LogP contribution in [-0.4, -0.2) is 59.2 Å². The van der Waals surface area contributed by atoms with E-state index in [9.17, 15) is 22.8 Å². The summed E-state index contributed by atoms with van der Waals surface area (Å²) in [5, 5.41) is 2.48. The van der Waals surface area contributed by atoms with Gasteiger partial charge in [0.05, 0.1) is 18.6 Å². The summed E-state index contributed by atoms with van der Waals surface area (Å²) in [5.41, 5.74) is 0. The molecule has 1 atom stereocenters. The minimum absolute atomic E-state index is 0.0442. The maximum absolute atomic E-state index is 12.3. The molecule has 0 saturated heterocycles. The quantitative estimate of drug-likeness (QED) is 0.358. The molecule has 1 amide bonds. The minimum Gasteiger partial charge on any atom is -0.497 e. The fourth-order valence-corrected chi connectivity index (χ4v) is 3.30. The number of benzene rings is 1. The van der Waals surface area contributed by atoms with E-state index in [0.29, 0.717) is 18.8 Å². The fraction of sp³-hybridized carbons (Fsp3) is 0.500. The number of hydrogen-bond acceptors (Lipinski definition) is 8. The topological polar surface area (TPSA) is 137 Å². The molecule has 0 aliphatic rings. The molecule has 1 aromatic carbocycles. The molecule has 0 aliphatic heterocycles.